The van der Waals surface area contributed by atoms with Gasteiger partial charge < -0.3 is 23.7 Å². The number of Topliss-reactive ketones (excluding diaryl/α,β-unsaturated/α-hetero) is 1. The van der Waals surface area contributed by atoms with Crippen molar-refractivity contribution < 1.29 is 23.8 Å². The Morgan fingerprint density at radius 3 is 2.68 bits per heavy atom. The van der Waals surface area contributed by atoms with Crippen molar-refractivity contribution in [3.8, 4) is 5.75 Å². The molecule has 172 valence electrons. The highest BCUT2D eigenvalue weighted by atomic mass is 16.5. The van der Waals surface area contributed by atoms with Gasteiger partial charge in [-0.1, -0.05) is 18.2 Å². The second-order valence-electron chi connectivity index (χ2n) is 8.09. The van der Waals surface area contributed by atoms with Crippen LogP contribution in [0.3, 0.4) is 0 Å². The molecule has 1 unspecified atom stereocenters. The van der Waals surface area contributed by atoms with E-state index in [1.165, 1.54) is 11.2 Å². The van der Waals surface area contributed by atoms with Crippen LogP contribution in [0.25, 0.3) is 16.5 Å². The molecule has 1 saturated heterocycles. The Balaban J connectivity index is 1.52. The molecule has 5 rings (SSSR count). The van der Waals surface area contributed by atoms with Gasteiger partial charge in [0, 0.05) is 31.0 Å². The fraction of sp³-hybridized carbons (Fsp3) is 0.192. The molecule has 1 N–H and O–H groups in total. The van der Waals surface area contributed by atoms with Crippen molar-refractivity contribution in [2.75, 3.05) is 13.7 Å². The van der Waals surface area contributed by atoms with Crippen LogP contribution >= 0.6 is 0 Å². The monoisotopic (exact) mass is 457 g/mol. The summed E-state index contributed by atoms with van der Waals surface area (Å²) in [5.74, 6) is -0.456. The number of aromatic nitrogens is 2. The lowest BCUT2D eigenvalue weighted by Crippen LogP contribution is -2.31. The molecule has 34 heavy (non-hydrogen) atoms. The van der Waals surface area contributed by atoms with Crippen LogP contribution in [0.2, 0.25) is 0 Å². The molecule has 1 fully saturated rings. The van der Waals surface area contributed by atoms with Crippen molar-refractivity contribution in [1.82, 2.24) is 14.5 Å². The Labute approximate surface area is 195 Å². The number of rotatable bonds is 7. The number of furan rings is 1. The number of amides is 1. The second kappa shape index (κ2) is 8.90. The topological polar surface area (TPSA) is 97.8 Å². The van der Waals surface area contributed by atoms with E-state index in [-0.39, 0.29) is 11.3 Å². The first-order valence-electron chi connectivity index (χ1n) is 10.9. The number of carbonyl (C=O) groups is 2. The summed E-state index contributed by atoms with van der Waals surface area (Å²) in [6, 6.07) is 13.6. The van der Waals surface area contributed by atoms with Gasteiger partial charge in [-0.05, 0) is 47.5 Å². The lowest BCUT2D eigenvalue weighted by atomic mass is 9.97. The summed E-state index contributed by atoms with van der Waals surface area (Å²) < 4.78 is 12.8. The summed E-state index contributed by atoms with van der Waals surface area (Å²) in [6.07, 6.45) is 7.33. The predicted molar refractivity (Wildman–Crippen MR) is 125 cm³/mol. The lowest BCUT2D eigenvalue weighted by molar-refractivity contribution is -0.140. The van der Waals surface area contributed by atoms with E-state index in [1.54, 1.807) is 43.9 Å². The zero-order valence-corrected chi connectivity index (χ0v) is 18.5. The third-order valence-corrected chi connectivity index (χ3v) is 6.05. The number of hydrogen-bond donors (Lipinski definition) is 1. The molecule has 0 spiro atoms. The molecule has 0 radical (unpaired) electrons. The third kappa shape index (κ3) is 3.83. The maximum Gasteiger partial charge on any atom is 0.295 e. The smallest absolute Gasteiger partial charge is 0.295 e. The lowest BCUT2D eigenvalue weighted by Gasteiger charge is -2.23. The largest absolute Gasteiger partial charge is 0.507 e. The number of methoxy groups -OCH3 is 1. The van der Waals surface area contributed by atoms with Crippen molar-refractivity contribution in [3.63, 3.8) is 0 Å². The van der Waals surface area contributed by atoms with Crippen LogP contribution in [0, 0.1) is 0 Å². The third-order valence-electron chi connectivity index (χ3n) is 6.05. The molecule has 3 heterocycles. The Hall–Kier alpha value is -4.33. The number of hydrogen-bond acceptors (Lipinski definition) is 6. The normalized spacial score (nSPS) is 17.6. The highest BCUT2D eigenvalue weighted by molar-refractivity contribution is 6.46. The molecule has 1 amide bonds. The number of ketones is 1. The van der Waals surface area contributed by atoms with Crippen LogP contribution < -0.4 is 4.74 Å². The van der Waals surface area contributed by atoms with Gasteiger partial charge in [0.25, 0.3) is 11.7 Å². The average Bonchev–Trinajstić information content (AvgIpc) is 3.62. The zero-order valence-electron chi connectivity index (χ0n) is 18.5. The fourth-order valence-electron chi connectivity index (χ4n) is 4.35. The van der Waals surface area contributed by atoms with Crippen LogP contribution in [0.1, 0.15) is 23.8 Å². The zero-order chi connectivity index (χ0) is 23.7. The number of nitrogens with zero attached hydrogens (tertiary/aromatic N) is 3. The first-order chi connectivity index (χ1) is 16.6. The van der Waals surface area contributed by atoms with Gasteiger partial charge in [-0.25, -0.2) is 4.98 Å². The van der Waals surface area contributed by atoms with Gasteiger partial charge in [-0.3, -0.25) is 9.59 Å². The number of benzene rings is 2. The minimum atomic E-state index is -0.802. The minimum Gasteiger partial charge on any atom is -0.507 e. The highest BCUT2D eigenvalue weighted by Gasteiger charge is 2.47. The molecule has 4 aromatic rings. The molecule has 0 aliphatic carbocycles. The van der Waals surface area contributed by atoms with Gasteiger partial charge in [-0.15, -0.1) is 0 Å². The Morgan fingerprint density at radius 2 is 1.94 bits per heavy atom. The van der Waals surface area contributed by atoms with Gasteiger partial charge in [-0.2, -0.15) is 0 Å². The summed E-state index contributed by atoms with van der Waals surface area (Å²) in [4.78, 5) is 31.6. The number of aliphatic hydroxyl groups excluding tert-OH is 1. The van der Waals surface area contributed by atoms with E-state index >= 15 is 0 Å². The fourth-order valence-corrected chi connectivity index (χ4v) is 4.35. The van der Waals surface area contributed by atoms with Crippen LogP contribution in [-0.4, -0.2) is 44.9 Å². The number of ether oxygens (including phenoxy) is 1. The Bertz CT molecular complexity index is 1370. The van der Waals surface area contributed by atoms with E-state index < -0.39 is 17.7 Å². The molecule has 2 aromatic carbocycles. The predicted octanol–water partition coefficient (Wildman–Crippen LogP) is 4.15. The summed E-state index contributed by atoms with van der Waals surface area (Å²) in [5, 5.41) is 13.0. The number of carbonyl (C=O) groups excluding carboxylic acids is 2. The van der Waals surface area contributed by atoms with Gasteiger partial charge in [0.1, 0.15) is 23.3 Å². The maximum absolute atomic E-state index is 13.1. The van der Waals surface area contributed by atoms with Gasteiger partial charge >= 0.3 is 0 Å². The van der Waals surface area contributed by atoms with E-state index in [9.17, 15) is 14.7 Å². The summed E-state index contributed by atoms with van der Waals surface area (Å²) in [6.45, 7) is 0.963. The number of likely N-dealkylation sites (tertiary alicyclic amines) is 1. The van der Waals surface area contributed by atoms with Crippen LogP contribution in [0.15, 0.2) is 83.5 Å². The van der Waals surface area contributed by atoms with Crippen molar-refractivity contribution in [2.45, 2.75) is 19.0 Å². The molecule has 1 atom stereocenters. The molecular formula is C26H23N3O5. The molecule has 8 heteroatoms. The van der Waals surface area contributed by atoms with Crippen molar-refractivity contribution in [3.05, 3.63) is 90.4 Å². The van der Waals surface area contributed by atoms with Crippen LogP contribution in [0.5, 0.6) is 5.75 Å². The molecule has 1 aliphatic rings. The number of aliphatic hydroxyl groups is 1. The molecule has 1 aliphatic heterocycles. The minimum absolute atomic E-state index is 0.0236. The first-order valence-corrected chi connectivity index (χ1v) is 10.9. The molecule has 0 bridgehead atoms. The maximum atomic E-state index is 13.1. The van der Waals surface area contributed by atoms with Crippen LogP contribution in [-0.2, 0) is 16.1 Å². The number of aryl methyl sites for hydroxylation is 1. The summed E-state index contributed by atoms with van der Waals surface area (Å²) >= 11 is 0. The van der Waals surface area contributed by atoms with Gasteiger partial charge in [0.2, 0.25) is 0 Å². The van der Waals surface area contributed by atoms with E-state index in [2.05, 4.69) is 4.98 Å². The van der Waals surface area contributed by atoms with E-state index in [4.69, 9.17) is 9.15 Å². The van der Waals surface area contributed by atoms with Gasteiger partial charge in [0.05, 0.1) is 25.3 Å². The van der Waals surface area contributed by atoms with Crippen molar-refractivity contribution >= 4 is 28.2 Å². The van der Waals surface area contributed by atoms with Crippen molar-refractivity contribution in [2.24, 2.45) is 0 Å². The standard InChI is InChI=1S/C26H23N3O5/c1-33-20-8-7-17-14-19(6-5-18(17)15-20)24(30)22-23(21-4-2-13-34-21)29(26(32)25(22)31)11-3-10-28-12-9-27-16-28/h2,4-9,12-16,23,30H,3,10-11H2,1H3/b24-22+. The van der Waals surface area contributed by atoms with Gasteiger partial charge in [0.15, 0.2) is 0 Å². The number of imidazole rings is 1. The summed E-state index contributed by atoms with van der Waals surface area (Å²) in [7, 11) is 1.60. The van der Waals surface area contributed by atoms with E-state index in [1.807, 2.05) is 35.0 Å². The molecule has 0 saturated carbocycles. The second-order valence-corrected chi connectivity index (χ2v) is 8.09. The Morgan fingerprint density at radius 1 is 1.12 bits per heavy atom. The SMILES string of the molecule is COc1ccc2cc(/C(O)=C3\C(=O)C(=O)N(CCCn4ccnc4)C3c3ccco3)ccc2c1. The first kappa shape index (κ1) is 21.5. The average molecular weight is 457 g/mol. The molecular weight excluding hydrogens is 434 g/mol. The molecule has 8 nitrogen and oxygen atoms in total. The molecule has 2 aromatic heterocycles. The highest BCUT2D eigenvalue weighted by Crippen LogP contribution is 2.40. The van der Waals surface area contributed by atoms with Crippen molar-refractivity contribution in [1.29, 1.82) is 0 Å². The summed E-state index contributed by atoms with van der Waals surface area (Å²) in [5.41, 5.74) is 0.473. The Kier molecular flexibility index (Phi) is 5.63. The quantitative estimate of drug-likeness (QED) is 0.254. The van der Waals surface area contributed by atoms with E-state index in [0.29, 0.717) is 30.8 Å². The number of fused-ring (bicyclic) bond motifs is 1. The van der Waals surface area contributed by atoms with E-state index in [0.717, 1.165) is 16.5 Å². The van der Waals surface area contributed by atoms with Crippen LogP contribution in [0.4, 0.5) is 0 Å².